The summed E-state index contributed by atoms with van der Waals surface area (Å²) < 4.78 is 25.0. The van der Waals surface area contributed by atoms with E-state index in [1.165, 1.54) is 30.8 Å². The zero-order valence-electron chi connectivity index (χ0n) is 23.4. The van der Waals surface area contributed by atoms with Crippen molar-refractivity contribution >= 4 is 45.9 Å². The van der Waals surface area contributed by atoms with Crippen LogP contribution in [0.15, 0.2) is 79.1 Å². The molecule has 4 N–H and O–H groups in total. The Morgan fingerprint density at radius 1 is 1.02 bits per heavy atom. The SMILES string of the molecule is N=Cc1cc(Nc2ncnc3ccc(NC(=O)/C=C/CN4CC5OCCOC5C4)cc23)ccc1NCc1cccc(F)c1. The molecule has 10 nitrogen and oxygen atoms in total. The van der Waals surface area contributed by atoms with Crippen molar-refractivity contribution in [3.63, 3.8) is 0 Å². The molecule has 1 amide bonds. The normalized spacial score (nSPS) is 18.4. The third kappa shape index (κ3) is 7.03. The van der Waals surface area contributed by atoms with Crippen LogP contribution < -0.4 is 16.0 Å². The second-order valence-electron chi connectivity index (χ2n) is 10.4. The lowest BCUT2D eigenvalue weighted by Crippen LogP contribution is -2.36. The summed E-state index contributed by atoms with van der Waals surface area (Å²) >= 11 is 0. The predicted octanol–water partition coefficient (Wildman–Crippen LogP) is 4.72. The van der Waals surface area contributed by atoms with Gasteiger partial charge in [0.2, 0.25) is 5.91 Å². The molecule has 0 bridgehead atoms. The summed E-state index contributed by atoms with van der Waals surface area (Å²) in [7, 11) is 0. The molecule has 1 aromatic heterocycles. The molecule has 0 saturated carbocycles. The number of halogens is 1. The fourth-order valence-corrected chi connectivity index (χ4v) is 5.32. The number of rotatable bonds is 10. The van der Waals surface area contributed by atoms with Crippen LogP contribution in [0.5, 0.6) is 0 Å². The summed E-state index contributed by atoms with van der Waals surface area (Å²) in [6, 6.07) is 17.4. The van der Waals surface area contributed by atoms with Gasteiger partial charge < -0.3 is 30.8 Å². The van der Waals surface area contributed by atoms with Crippen LogP contribution in [-0.2, 0) is 20.8 Å². The number of fused-ring (bicyclic) bond motifs is 2. The molecule has 2 fully saturated rings. The van der Waals surface area contributed by atoms with Crippen LogP contribution in [0.25, 0.3) is 10.9 Å². The second-order valence-corrected chi connectivity index (χ2v) is 10.4. The van der Waals surface area contributed by atoms with Crippen molar-refractivity contribution in [2.45, 2.75) is 18.8 Å². The molecule has 2 atom stereocenters. The first-order valence-electron chi connectivity index (χ1n) is 14.1. The van der Waals surface area contributed by atoms with Gasteiger partial charge in [0.25, 0.3) is 0 Å². The van der Waals surface area contributed by atoms with E-state index in [1.54, 1.807) is 12.1 Å². The van der Waals surface area contributed by atoms with E-state index in [0.717, 1.165) is 35.4 Å². The lowest BCUT2D eigenvalue weighted by atomic mass is 10.1. The molecule has 2 aliphatic heterocycles. The lowest BCUT2D eigenvalue weighted by Gasteiger charge is -2.24. The van der Waals surface area contributed by atoms with Gasteiger partial charge in [0, 0.05) is 66.5 Å². The number of hydrogen-bond acceptors (Lipinski definition) is 9. The van der Waals surface area contributed by atoms with Gasteiger partial charge in [-0.1, -0.05) is 18.2 Å². The molecular formula is C32H32FN7O3. The maximum absolute atomic E-state index is 13.5. The van der Waals surface area contributed by atoms with E-state index >= 15 is 0 Å². The summed E-state index contributed by atoms with van der Waals surface area (Å²) in [5.74, 6) is 0.0450. The van der Waals surface area contributed by atoms with Gasteiger partial charge >= 0.3 is 0 Å². The van der Waals surface area contributed by atoms with Crippen LogP contribution in [0.3, 0.4) is 0 Å². The molecule has 2 saturated heterocycles. The summed E-state index contributed by atoms with van der Waals surface area (Å²) in [6.45, 7) is 3.93. The van der Waals surface area contributed by atoms with Crippen LogP contribution in [0.4, 0.5) is 27.3 Å². The first-order chi connectivity index (χ1) is 21.0. The Morgan fingerprint density at radius 3 is 2.63 bits per heavy atom. The van der Waals surface area contributed by atoms with Gasteiger partial charge in [0.05, 0.1) is 30.9 Å². The van der Waals surface area contributed by atoms with Crippen molar-refractivity contribution in [1.82, 2.24) is 14.9 Å². The van der Waals surface area contributed by atoms with Gasteiger partial charge in [-0.25, -0.2) is 14.4 Å². The van der Waals surface area contributed by atoms with E-state index in [2.05, 4.69) is 30.8 Å². The van der Waals surface area contributed by atoms with E-state index in [0.29, 0.717) is 48.9 Å². The van der Waals surface area contributed by atoms with Crippen molar-refractivity contribution in [1.29, 1.82) is 5.41 Å². The minimum absolute atomic E-state index is 0.108. The number of nitrogens with zero attached hydrogens (tertiary/aromatic N) is 3. The van der Waals surface area contributed by atoms with Crippen molar-refractivity contribution < 1.29 is 18.7 Å². The molecule has 220 valence electrons. The van der Waals surface area contributed by atoms with Crippen LogP contribution in [0.1, 0.15) is 11.1 Å². The Hall–Kier alpha value is -4.71. The smallest absolute Gasteiger partial charge is 0.248 e. The zero-order valence-corrected chi connectivity index (χ0v) is 23.4. The van der Waals surface area contributed by atoms with Crippen LogP contribution >= 0.6 is 0 Å². The minimum Gasteiger partial charge on any atom is -0.380 e. The van der Waals surface area contributed by atoms with E-state index in [9.17, 15) is 9.18 Å². The Bertz CT molecular complexity index is 1650. The van der Waals surface area contributed by atoms with Crippen molar-refractivity contribution in [2.75, 3.05) is 48.8 Å². The van der Waals surface area contributed by atoms with Crippen LogP contribution in [0.2, 0.25) is 0 Å². The highest BCUT2D eigenvalue weighted by atomic mass is 19.1. The molecule has 4 aromatic rings. The fourth-order valence-electron chi connectivity index (χ4n) is 5.32. The number of aromatic nitrogens is 2. The number of carbonyl (C=O) groups excluding carboxylic acids is 1. The molecule has 43 heavy (non-hydrogen) atoms. The molecule has 0 radical (unpaired) electrons. The second kappa shape index (κ2) is 13.1. The van der Waals surface area contributed by atoms with E-state index < -0.39 is 0 Å². The first kappa shape index (κ1) is 28.4. The number of ether oxygens (including phenoxy) is 2. The highest BCUT2D eigenvalue weighted by molar-refractivity contribution is 6.02. The fraction of sp³-hybridized carbons (Fsp3) is 0.250. The van der Waals surface area contributed by atoms with E-state index in [4.69, 9.17) is 14.9 Å². The molecule has 2 unspecified atom stereocenters. The average Bonchev–Trinajstić information content (AvgIpc) is 3.43. The van der Waals surface area contributed by atoms with Gasteiger partial charge in [-0.05, 0) is 54.1 Å². The third-order valence-corrected chi connectivity index (χ3v) is 7.42. The molecule has 2 aliphatic rings. The Balaban J connectivity index is 1.10. The Morgan fingerprint density at radius 2 is 1.84 bits per heavy atom. The van der Waals surface area contributed by atoms with Gasteiger partial charge in [0.1, 0.15) is 18.0 Å². The molecule has 3 heterocycles. The van der Waals surface area contributed by atoms with Crippen molar-refractivity contribution in [2.24, 2.45) is 0 Å². The van der Waals surface area contributed by atoms with Gasteiger partial charge in [-0.3, -0.25) is 9.69 Å². The highest BCUT2D eigenvalue weighted by Gasteiger charge is 2.35. The molecular weight excluding hydrogens is 549 g/mol. The topological polar surface area (TPSA) is 124 Å². The van der Waals surface area contributed by atoms with Gasteiger partial charge in [-0.2, -0.15) is 0 Å². The Labute approximate surface area is 248 Å². The average molecular weight is 582 g/mol. The van der Waals surface area contributed by atoms with Crippen molar-refractivity contribution in [3.8, 4) is 0 Å². The number of benzene rings is 3. The molecule has 3 aromatic carbocycles. The number of nitrogens with one attached hydrogen (secondary N) is 4. The predicted molar refractivity (Wildman–Crippen MR) is 165 cm³/mol. The lowest BCUT2D eigenvalue weighted by molar-refractivity contribution is -0.116. The van der Waals surface area contributed by atoms with Crippen molar-refractivity contribution in [3.05, 3.63) is 96.1 Å². The maximum Gasteiger partial charge on any atom is 0.248 e. The minimum atomic E-state index is -0.288. The largest absolute Gasteiger partial charge is 0.380 e. The third-order valence-electron chi connectivity index (χ3n) is 7.42. The number of carbonyl (C=O) groups is 1. The molecule has 11 heteroatoms. The monoisotopic (exact) mass is 581 g/mol. The number of anilines is 4. The number of amides is 1. The highest BCUT2D eigenvalue weighted by Crippen LogP contribution is 2.28. The van der Waals surface area contributed by atoms with Crippen LogP contribution in [0, 0.1) is 11.2 Å². The van der Waals surface area contributed by atoms with Crippen LogP contribution in [-0.4, -0.2) is 72.0 Å². The summed E-state index contributed by atoms with van der Waals surface area (Å²) in [6.07, 6.45) is 6.34. The molecule has 0 spiro atoms. The van der Waals surface area contributed by atoms with Gasteiger partial charge in [0.15, 0.2) is 0 Å². The Kier molecular flexibility index (Phi) is 8.64. The quantitative estimate of drug-likeness (QED) is 0.157. The maximum atomic E-state index is 13.5. The summed E-state index contributed by atoms with van der Waals surface area (Å²) in [5, 5.41) is 18.1. The van der Waals surface area contributed by atoms with E-state index in [1.807, 2.05) is 42.5 Å². The van der Waals surface area contributed by atoms with E-state index in [-0.39, 0.29) is 23.9 Å². The van der Waals surface area contributed by atoms with Gasteiger partial charge in [-0.15, -0.1) is 0 Å². The summed E-state index contributed by atoms with van der Waals surface area (Å²) in [5.41, 5.74) is 4.27. The summed E-state index contributed by atoms with van der Waals surface area (Å²) in [4.78, 5) is 23.7. The number of hydrogen-bond donors (Lipinski definition) is 4. The molecule has 0 aliphatic carbocycles. The molecule has 6 rings (SSSR count). The standard InChI is InChI=1S/C32H32FN7O3/c33-23-4-1-3-21(13-23)17-35-27-8-6-24(14-22(27)16-34)39-32-26-15-25(7-9-28(26)36-20-37-32)38-31(41)5-2-10-40-18-29-30(19-40)43-12-11-42-29/h1-9,13-16,20,29-30,34-35H,10-12,17-19H2,(H,38,41)(H,36,37,39)/b5-2+,34-16?. The first-order valence-corrected chi connectivity index (χ1v) is 14.1. The zero-order chi connectivity index (χ0) is 29.6. The number of likely N-dealkylation sites (tertiary alicyclic amines) is 1.